The quantitative estimate of drug-likeness (QED) is 0.629. The maximum Gasteiger partial charge on any atom is 0.251 e. The number of nitrogens with zero attached hydrogens (tertiary/aromatic N) is 1. The smallest absolute Gasteiger partial charge is 0.251 e. The van der Waals surface area contributed by atoms with Crippen molar-refractivity contribution in [3.05, 3.63) is 34.9 Å². The molecule has 7 heteroatoms. The zero-order valence-electron chi connectivity index (χ0n) is 16.2. The molecule has 1 fully saturated rings. The molecule has 1 aliphatic rings. The van der Waals surface area contributed by atoms with Gasteiger partial charge >= 0.3 is 0 Å². The van der Waals surface area contributed by atoms with Gasteiger partial charge in [0.1, 0.15) is 6.04 Å². The second kappa shape index (κ2) is 11.3. The Labute approximate surface area is 166 Å². The second-order valence-electron chi connectivity index (χ2n) is 7.26. The first kappa shape index (κ1) is 21.7. The van der Waals surface area contributed by atoms with Crippen LogP contribution >= 0.6 is 11.6 Å². The van der Waals surface area contributed by atoms with Crippen LogP contribution in [0.4, 0.5) is 0 Å². The van der Waals surface area contributed by atoms with Crippen LogP contribution in [0.1, 0.15) is 37.0 Å². The van der Waals surface area contributed by atoms with Gasteiger partial charge in [-0.3, -0.25) is 14.5 Å². The molecule has 0 saturated carbocycles. The number of hydrogen-bond acceptors (Lipinski definition) is 4. The fraction of sp³-hybridized carbons (Fsp3) is 0.600. The summed E-state index contributed by atoms with van der Waals surface area (Å²) in [7, 11) is 0. The highest BCUT2D eigenvalue weighted by molar-refractivity contribution is 6.30. The van der Waals surface area contributed by atoms with Gasteiger partial charge in [-0.15, -0.1) is 0 Å². The van der Waals surface area contributed by atoms with Crippen molar-refractivity contribution in [3.63, 3.8) is 0 Å². The first-order valence-corrected chi connectivity index (χ1v) is 9.97. The van der Waals surface area contributed by atoms with Crippen molar-refractivity contribution < 1.29 is 14.3 Å². The Bertz CT molecular complexity index is 601. The molecule has 1 aromatic rings. The highest BCUT2D eigenvalue weighted by Crippen LogP contribution is 2.11. The molecule has 0 bridgehead atoms. The SMILES string of the molecule is CC(C)CC(NC(=O)c1ccc(Cl)cc1)C(=O)NCCCN1CCOCC1. The Balaban J connectivity index is 1.81. The lowest BCUT2D eigenvalue weighted by Gasteiger charge is -2.26. The summed E-state index contributed by atoms with van der Waals surface area (Å²) < 4.78 is 5.33. The summed E-state index contributed by atoms with van der Waals surface area (Å²) in [6.07, 6.45) is 1.47. The van der Waals surface area contributed by atoms with E-state index >= 15 is 0 Å². The molecule has 27 heavy (non-hydrogen) atoms. The van der Waals surface area contributed by atoms with Gasteiger partial charge < -0.3 is 15.4 Å². The number of benzene rings is 1. The zero-order chi connectivity index (χ0) is 19.6. The van der Waals surface area contributed by atoms with Crippen LogP contribution in [0.25, 0.3) is 0 Å². The number of halogens is 1. The number of amides is 2. The van der Waals surface area contributed by atoms with Gasteiger partial charge in [0.25, 0.3) is 5.91 Å². The van der Waals surface area contributed by atoms with Gasteiger partial charge in [-0.2, -0.15) is 0 Å². The van der Waals surface area contributed by atoms with Crippen molar-refractivity contribution in [2.24, 2.45) is 5.92 Å². The summed E-state index contributed by atoms with van der Waals surface area (Å²) in [6, 6.07) is 6.10. The largest absolute Gasteiger partial charge is 0.379 e. The molecule has 2 N–H and O–H groups in total. The summed E-state index contributed by atoms with van der Waals surface area (Å²) in [4.78, 5) is 27.3. The van der Waals surface area contributed by atoms with Crippen molar-refractivity contribution in [1.82, 2.24) is 15.5 Å². The van der Waals surface area contributed by atoms with E-state index in [1.165, 1.54) is 0 Å². The highest BCUT2D eigenvalue weighted by Gasteiger charge is 2.22. The Kier molecular flexibility index (Phi) is 9.04. The third-order valence-corrected chi connectivity index (χ3v) is 4.74. The van der Waals surface area contributed by atoms with Gasteiger partial charge in [-0.1, -0.05) is 25.4 Å². The summed E-state index contributed by atoms with van der Waals surface area (Å²) >= 11 is 5.86. The Morgan fingerprint density at radius 2 is 1.85 bits per heavy atom. The van der Waals surface area contributed by atoms with Gasteiger partial charge in [0.2, 0.25) is 5.91 Å². The van der Waals surface area contributed by atoms with Crippen LogP contribution in [0.3, 0.4) is 0 Å². The topological polar surface area (TPSA) is 70.7 Å². The molecular weight excluding hydrogens is 366 g/mol. The van der Waals surface area contributed by atoms with E-state index in [0.717, 1.165) is 39.3 Å². The minimum Gasteiger partial charge on any atom is -0.379 e. The molecule has 2 rings (SSSR count). The third-order valence-electron chi connectivity index (χ3n) is 4.49. The van der Waals surface area contributed by atoms with Crippen molar-refractivity contribution in [2.75, 3.05) is 39.4 Å². The number of hydrogen-bond donors (Lipinski definition) is 2. The zero-order valence-corrected chi connectivity index (χ0v) is 16.9. The number of rotatable bonds is 9. The van der Waals surface area contributed by atoms with Crippen molar-refractivity contribution in [3.8, 4) is 0 Å². The van der Waals surface area contributed by atoms with Gasteiger partial charge in [0, 0.05) is 30.2 Å². The summed E-state index contributed by atoms with van der Waals surface area (Å²) in [6.45, 7) is 9.05. The van der Waals surface area contributed by atoms with Crippen LogP contribution in [0.15, 0.2) is 24.3 Å². The minimum atomic E-state index is -0.545. The van der Waals surface area contributed by atoms with Gasteiger partial charge in [-0.25, -0.2) is 0 Å². The molecule has 0 aromatic heterocycles. The van der Waals surface area contributed by atoms with E-state index in [4.69, 9.17) is 16.3 Å². The second-order valence-corrected chi connectivity index (χ2v) is 7.70. The lowest BCUT2D eigenvalue weighted by atomic mass is 10.0. The molecule has 150 valence electrons. The monoisotopic (exact) mass is 395 g/mol. The fourth-order valence-electron chi connectivity index (χ4n) is 3.01. The molecule has 1 unspecified atom stereocenters. The third kappa shape index (κ3) is 7.87. The molecule has 1 aromatic carbocycles. The lowest BCUT2D eigenvalue weighted by Crippen LogP contribution is -2.48. The first-order chi connectivity index (χ1) is 13.0. The molecule has 6 nitrogen and oxygen atoms in total. The highest BCUT2D eigenvalue weighted by atomic mass is 35.5. The Hall–Kier alpha value is -1.63. The lowest BCUT2D eigenvalue weighted by molar-refractivity contribution is -0.123. The Morgan fingerprint density at radius 1 is 1.19 bits per heavy atom. The molecule has 1 saturated heterocycles. The van der Waals surface area contributed by atoms with Crippen molar-refractivity contribution >= 4 is 23.4 Å². The molecule has 0 radical (unpaired) electrons. The Morgan fingerprint density at radius 3 is 2.48 bits per heavy atom. The minimum absolute atomic E-state index is 0.131. The van der Waals surface area contributed by atoms with Crippen LogP contribution in [-0.2, 0) is 9.53 Å². The maximum absolute atomic E-state index is 12.6. The number of nitrogens with one attached hydrogen (secondary N) is 2. The molecular formula is C20H30ClN3O3. The number of carbonyl (C=O) groups is 2. The van der Waals surface area contributed by atoms with Crippen LogP contribution < -0.4 is 10.6 Å². The number of carbonyl (C=O) groups excluding carboxylic acids is 2. The van der Waals surface area contributed by atoms with Crippen LogP contribution in [0.2, 0.25) is 5.02 Å². The first-order valence-electron chi connectivity index (χ1n) is 9.60. The van der Waals surface area contributed by atoms with Gasteiger partial charge in [-0.05, 0) is 49.6 Å². The predicted octanol–water partition coefficient (Wildman–Crippen LogP) is 2.32. The molecule has 0 aliphatic carbocycles. The van der Waals surface area contributed by atoms with E-state index in [0.29, 0.717) is 29.5 Å². The van der Waals surface area contributed by atoms with E-state index in [1.54, 1.807) is 24.3 Å². The maximum atomic E-state index is 12.6. The standard InChI is InChI=1S/C20H30ClN3O3/c1-15(2)14-18(23-19(25)16-4-6-17(21)7-5-16)20(26)22-8-3-9-24-10-12-27-13-11-24/h4-7,15,18H,3,8-14H2,1-2H3,(H,22,26)(H,23,25). The van der Waals surface area contributed by atoms with Crippen LogP contribution in [0.5, 0.6) is 0 Å². The normalized spacial score (nSPS) is 16.1. The summed E-state index contributed by atoms with van der Waals surface area (Å²) in [5, 5.41) is 6.39. The number of morpholine rings is 1. The van der Waals surface area contributed by atoms with Gasteiger partial charge in [0.15, 0.2) is 0 Å². The number of ether oxygens (including phenoxy) is 1. The summed E-state index contributed by atoms with van der Waals surface area (Å²) in [5.74, 6) is -0.103. The average molecular weight is 396 g/mol. The van der Waals surface area contributed by atoms with E-state index in [1.807, 2.05) is 13.8 Å². The van der Waals surface area contributed by atoms with Crippen LogP contribution in [-0.4, -0.2) is 62.1 Å². The molecule has 1 heterocycles. The molecule has 1 atom stereocenters. The van der Waals surface area contributed by atoms with Gasteiger partial charge in [0.05, 0.1) is 13.2 Å². The molecule has 2 amide bonds. The van der Waals surface area contributed by atoms with E-state index in [-0.39, 0.29) is 11.8 Å². The van der Waals surface area contributed by atoms with Crippen molar-refractivity contribution in [1.29, 1.82) is 0 Å². The molecule has 1 aliphatic heterocycles. The van der Waals surface area contributed by atoms with E-state index < -0.39 is 6.04 Å². The molecule has 0 spiro atoms. The summed E-state index contributed by atoms with van der Waals surface area (Å²) in [5.41, 5.74) is 0.494. The van der Waals surface area contributed by atoms with Crippen LogP contribution in [0, 0.1) is 5.92 Å². The average Bonchev–Trinajstić information content (AvgIpc) is 2.65. The van der Waals surface area contributed by atoms with E-state index in [9.17, 15) is 9.59 Å². The van der Waals surface area contributed by atoms with Crippen molar-refractivity contribution in [2.45, 2.75) is 32.7 Å². The fourth-order valence-corrected chi connectivity index (χ4v) is 3.13. The van der Waals surface area contributed by atoms with E-state index in [2.05, 4.69) is 15.5 Å². The predicted molar refractivity (Wildman–Crippen MR) is 107 cm³/mol.